The third-order valence-electron chi connectivity index (χ3n) is 3.20. The molecule has 0 aliphatic heterocycles. The van der Waals surface area contributed by atoms with Crippen molar-refractivity contribution in [3.8, 4) is 0 Å². The van der Waals surface area contributed by atoms with Crippen LogP contribution in [0.5, 0.6) is 0 Å². The SMILES string of the molecule is Cc1ccc(C)c(CC(Br)c2cc(Br)ccc2F)c1. The van der Waals surface area contributed by atoms with Gasteiger partial charge in [-0.05, 0) is 49.6 Å². The Balaban J connectivity index is 2.27. The predicted molar refractivity (Wildman–Crippen MR) is 85.4 cm³/mol. The van der Waals surface area contributed by atoms with Gasteiger partial charge >= 0.3 is 0 Å². The van der Waals surface area contributed by atoms with E-state index in [2.05, 4.69) is 63.9 Å². The van der Waals surface area contributed by atoms with Crippen molar-refractivity contribution in [2.24, 2.45) is 0 Å². The van der Waals surface area contributed by atoms with Crippen molar-refractivity contribution < 1.29 is 4.39 Å². The molecule has 0 heterocycles. The summed E-state index contributed by atoms with van der Waals surface area (Å²) in [5.41, 5.74) is 4.41. The standard InChI is InChI=1S/C16H15Br2F/c1-10-3-4-11(2)12(7-10)8-15(18)14-9-13(17)5-6-16(14)19/h3-7,9,15H,8H2,1-2H3. The van der Waals surface area contributed by atoms with Crippen LogP contribution >= 0.6 is 31.9 Å². The van der Waals surface area contributed by atoms with Crippen molar-refractivity contribution in [1.82, 2.24) is 0 Å². The average Bonchev–Trinajstić information content (AvgIpc) is 2.36. The lowest BCUT2D eigenvalue weighted by Crippen LogP contribution is -2.00. The maximum Gasteiger partial charge on any atom is 0.127 e. The first-order valence-corrected chi connectivity index (χ1v) is 7.83. The molecule has 1 unspecified atom stereocenters. The summed E-state index contributed by atoms with van der Waals surface area (Å²) < 4.78 is 14.7. The summed E-state index contributed by atoms with van der Waals surface area (Å²) in [6.45, 7) is 4.16. The van der Waals surface area contributed by atoms with Crippen molar-refractivity contribution >= 4 is 31.9 Å². The molecule has 0 fully saturated rings. The zero-order valence-corrected chi connectivity index (χ0v) is 14.1. The smallest absolute Gasteiger partial charge is 0.127 e. The summed E-state index contributed by atoms with van der Waals surface area (Å²) in [6, 6.07) is 11.4. The molecule has 0 aliphatic carbocycles. The van der Waals surface area contributed by atoms with Crippen LogP contribution in [-0.4, -0.2) is 0 Å². The van der Waals surface area contributed by atoms with Crippen LogP contribution < -0.4 is 0 Å². The van der Waals surface area contributed by atoms with Crippen molar-refractivity contribution in [2.75, 3.05) is 0 Å². The van der Waals surface area contributed by atoms with Crippen LogP contribution in [-0.2, 0) is 6.42 Å². The van der Waals surface area contributed by atoms with E-state index in [0.29, 0.717) is 5.56 Å². The van der Waals surface area contributed by atoms with Gasteiger partial charge in [0.1, 0.15) is 5.82 Å². The summed E-state index contributed by atoms with van der Waals surface area (Å²) in [5.74, 6) is -0.171. The third kappa shape index (κ3) is 3.67. The molecule has 2 aromatic rings. The lowest BCUT2D eigenvalue weighted by molar-refractivity contribution is 0.607. The first-order chi connectivity index (χ1) is 8.97. The molecule has 19 heavy (non-hydrogen) atoms. The molecular formula is C16H15Br2F. The lowest BCUT2D eigenvalue weighted by Gasteiger charge is -2.14. The Morgan fingerprint density at radius 2 is 1.84 bits per heavy atom. The Labute approximate surface area is 130 Å². The summed E-state index contributed by atoms with van der Waals surface area (Å²) in [7, 11) is 0. The summed E-state index contributed by atoms with van der Waals surface area (Å²) in [5, 5.41) is 0. The highest BCUT2D eigenvalue weighted by Gasteiger charge is 2.15. The molecule has 0 saturated carbocycles. The first-order valence-electron chi connectivity index (χ1n) is 6.12. The van der Waals surface area contributed by atoms with E-state index in [0.717, 1.165) is 10.9 Å². The van der Waals surface area contributed by atoms with Gasteiger partial charge in [0.15, 0.2) is 0 Å². The maximum absolute atomic E-state index is 13.9. The van der Waals surface area contributed by atoms with Crippen molar-refractivity contribution in [3.05, 3.63) is 68.9 Å². The minimum Gasteiger partial charge on any atom is -0.207 e. The molecule has 0 aromatic heterocycles. The van der Waals surface area contributed by atoms with Gasteiger partial charge in [0, 0.05) is 14.9 Å². The second kappa shape index (κ2) is 6.19. The van der Waals surface area contributed by atoms with E-state index in [1.54, 1.807) is 6.07 Å². The van der Waals surface area contributed by atoms with E-state index in [4.69, 9.17) is 0 Å². The van der Waals surface area contributed by atoms with E-state index in [1.165, 1.54) is 22.8 Å². The number of halogens is 3. The van der Waals surface area contributed by atoms with Crippen LogP contribution in [0.25, 0.3) is 0 Å². The minimum absolute atomic E-state index is 0.0227. The molecule has 100 valence electrons. The van der Waals surface area contributed by atoms with E-state index in [-0.39, 0.29) is 10.6 Å². The molecule has 0 aliphatic rings. The monoisotopic (exact) mass is 384 g/mol. The number of hydrogen-bond acceptors (Lipinski definition) is 0. The fourth-order valence-electron chi connectivity index (χ4n) is 2.08. The zero-order valence-electron chi connectivity index (χ0n) is 10.9. The van der Waals surface area contributed by atoms with Crippen molar-refractivity contribution in [1.29, 1.82) is 0 Å². The molecule has 3 heteroatoms. The molecule has 0 radical (unpaired) electrons. The Bertz CT molecular complexity index is 593. The Morgan fingerprint density at radius 3 is 2.58 bits per heavy atom. The third-order valence-corrected chi connectivity index (χ3v) is 4.51. The molecule has 2 aromatic carbocycles. The molecular weight excluding hydrogens is 371 g/mol. The molecule has 0 spiro atoms. The molecule has 0 amide bonds. The van der Waals surface area contributed by atoms with Gasteiger partial charge in [-0.25, -0.2) is 4.39 Å². The van der Waals surface area contributed by atoms with Gasteiger partial charge in [-0.15, -0.1) is 0 Å². The number of aryl methyl sites for hydroxylation is 2. The van der Waals surface area contributed by atoms with Crippen LogP contribution in [0.2, 0.25) is 0 Å². The summed E-state index contributed by atoms with van der Waals surface area (Å²) in [4.78, 5) is -0.0227. The fraction of sp³-hybridized carbons (Fsp3) is 0.250. The largest absolute Gasteiger partial charge is 0.207 e. The van der Waals surface area contributed by atoms with Crippen LogP contribution in [0.3, 0.4) is 0 Å². The topological polar surface area (TPSA) is 0 Å². The minimum atomic E-state index is -0.171. The average molecular weight is 386 g/mol. The Kier molecular flexibility index (Phi) is 4.80. The Morgan fingerprint density at radius 1 is 1.11 bits per heavy atom. The molecule has 2 rings (SSSR count). The van der Waals surface area contributed by atoms with Crippen LogP contribution in [0, 0.1) is 19.7 Å². The zero-order chi connectivity index (χ0) is 14.0. The quantitative estimate of drug-likeness (QED) is 0.578. The second-order valence-corrected chi connectivity index (χ2v) is 6.79. The maximum atomic E-state index is 13.9. The number of benzene rings is 2. The molecule has 1 atom stereocenters. The van der Waals surface area contributed by atoms with Crippen molar-refractivity contribution in [2.45, 2.75) is 25.1 Å². The highest BCUT2D eigenvalue weighted by molar-refractivity contribution is 9.10. The highest BCUT2D eigenvalue weighted by atomic mass is 79.9. The van der Waals surface area contributed by atoms with Gasteiger partial charge in [-0.1, -0.05) is 55.6 Å². The summed E-state index contributed by atoms with van der Waals surface area (Å²) >= 11 is 6.99. The lowest BCUT2D eigenvalue weighted by atomic mass is 9.98. The number of alkyl halides is 1. The van der Waals surface area contributed by atoms with Gasteiger partial charge in [0.25, 0.3) is 0 Å². The first kappa shape index (κ1) is 14.7. The summed E-state index contributed by atoms with van der Waals surface area (Å²) in [6.07, 6.45) is 0.779. The van der Waals surface area contributed by atoms with Crippen LogP contribution in [0.15, 0.2) is 40.9 Å². The molecule has 0 bridgehead atoms. The van der Waals surface area contributed by atoms with Gasteiger partial charge < -0.3 is 0 Å². The van der Waals surface area contributed by atoms with E-state index < -0.39 is 0 Å². The van der Waals surface area contributed by atoms with Crippen LogP contribution in [0.4, 0.5) is 4.39 Å². The number of rotatable bonds is 3. The Hall–Kier alpha value is -0.670. The van der Waals surface area contributed by atoms with E-state index >= 15 is 0 Å². The normalized spacial score (nSPS) is 12.5. The molecule has 0 N–H and O–H groups in total. The van der Waals surface area contributed by atoms with Gasteiger partial charge in [0.2, 0.25) is 0 Å². The van der Waals surface area contributed by atoms with E-state index in [9.17, 15) is 4.39 Å². The molecule has 0 saturated heterocycles. The number of hydrogen-bond donors (Lipinski definition) is 0. The van der Waals surface area contributed by atoms with Gasteiger partial charge in [0.05, 0.1) is 0 Å². The fourth-order valence-corrected chi connectivity index (χ4v) is 3.16. The second-order valence-electron chi connectivity index (χ2n) is 4.77. The molecule has 0 nitrogen and oxygen atoms in total. The van der Waals surface area contributed by atoms with Gasteiger partial charge in [-0.2, -0.15) is 0 Å². The van der Waals surface area contributed by atoms with E-state index in [1.807, 2.05) is 6.07 Å². The van der Waals surface area contributed by atoms with Crippen molar-refractivity contribution in [3.63, 3.8) is 0 Å². The van der Waals surface area contributed by atoms with Gasteiger partial charge in [-0.3, -0.25) is 0 Å². The highest BCUT2D eigenvalue weighted by Crippen LogP contribution is 2.32. The predicted octanol–water partition coefficient (Wildman–Crippen LogP) is 5.88. The van der Waals surface area contributed by atoms with Crippen LogP contribution in [0.1, 0.15) is 27.1 Å².